The van der Waals surface area contributed by atoms with Crippen LogP contribution in [0.3, 0.4) is 0 Å². The van der Waals surface area contributed by atoms with E-state index in [0.717, 1.165) is 54.8 Å². The monoisotopic (exact) mass is 788 g/mol. The molecule has 2 aromatic heterocycles. The first-order valence-corrected chi connectivity index (χ1v) is 19.9. The molecule has 2 N–H and O–H groups in total. The Hall–Kier alpha value is -5.51. The summed E-state index contributed by atoms with van der Waals surface area (Å²) in [5.41, 5.74) is 4.07. The quantitative estimate of drug-likeness (QED) is 0.213. The summed E-state index contributed by atoms with van der Waals surface area (Å²) in [4.78, 5) is 36.1. The zero-order valence-corrected chi connectivity index (χ0v) is 31.8. The fourth-order valence-corrected chi connectivity index (χ4v) is 9.12. The van der Waals surface area contributed by atoms with Crippen molar-refractivity contribution in [2.24, 2.45) is 7.05 Å². The lowest BCUT2D eigenvalue weighted by Gasteiger charge is -2.32. The van der Waals surface area contributed by atoms with E-state index in [9.17, 15) is 32.0 Å². The molecule has 3 fully saturated rings. The normalized spacial score (nSPS) is 18.4. The van der Waals surface area contributed by atoms with Gasteiger partial charge < -0.3 is 10.1 Å². The van der Waals surface area contributed by atoms with Crippen LogP contribution in [0.4, 0.5) is 25.3 Å². The van der Waals surface area contributed by atoms with Gasteiger partial charge >= 0.3 is 12.6 Å². The van der Waals surface area contributed by atoms with Gasteiger partial charge in [-0.3, -0.25) is 24.6 Å². The predicted molar refractivity (Wildman–Crippen MR) is 204 cm³/mol. The van der Waals surface area contributed by atoms with Crippen molar-refractivity contribution < 1.29 is 31.5 Å². The van der Waals surface area contributed by atoms with E-state index in [4.69, 9.17) is 0 Å². The summed E-state index contributed by atoms with van der Waals surface area (Å²) < 4.78 is 59.8. The van der Waals surface area contributed by atoms with Crippen LogP contribution in [0, 0.1) is 11.3 Å². The lowest BCUT2D eigenvalue weighted by atomic mass is 9.88. The Kier molecular flexibility index (Phi) is 11.3. The van der Waals surface area contributed by atoms with Gasteiger partial charge in [-0.05, 0) is 93.1 Å². The molecule has 56 heavy (non-hydrogen) atoms. The summed E-state index contributed by atoms with van der Waals surface area (Å²) in [6, 6.07) is 12.5. The standard InChI is InChI=1S/C38H42F2N10O5S/c1-24(23-48-12-7-25(8-13-48)26-4-6-32-33(19-26)47(2)46-35(32)50-16-11-34(51)45-38(50)52)17-28-18-31(5-3-27(28)20-41)56(53,54)49-14-9-29(10-15-49)44-37-42-21-30(22-43-37)55-36(39)40/h3-6,17-19,21-22,25,29,36H,7-16,23H2,1-2H3,(H,42,43,44)(H,45,51,52)/b24-17+. The number of aromatic nitrogens is 4. The molecule has 3 saturated heterocycles. The lowest BCUT2D eigenvalue weighted by Crippen LogP contribution is -2.49. The van der Waals surface area contributed by atoms with Crippen molar-refractivity contribution in [2.45, 2.75) is 62.5 Å². The molecule has 0 bridgehead atoms. The number of carbonyl (C=O) groups is 2. The summed E-state index contributed by atoms with van der Waals surface area (Å²) in [6.45, 7) is 2.21. The Labute approximate surface area is 323 Å². The Morgan fingerprint density at radius 2 is 1.79 bits per heavy atom. The second-order valence-corrected chi connectivity index (χ2v) is 16.3. The molecule has 7 rings (SSSR count). The number of ether oxygens (including phenoxy) is 1. The third-order valence-corrected chi connectivity index (χ3v) is 12.4. The smallest absolute Gasteiger partial charge is 0.387 e. The number of nitriles is 1. The Morgan fingerprint density at radius 1 is 1.05 bits per heavy atom. The number of aryl methyl sites for hydroxylation is 1. The second-order valence-electron chi connectivity index (χ2n) is 14.3. The highest BCUT2D eigenvalue weighted by molar-refractivity contribution is 7.89. The van der Waals surface area contributed by atoms with Crippen molar-refractivity contribution >= 4 is 50.7 Å². The summed E-state index contributed by atoms with van der Waals surface area (Å²) in [7, 11) is -1.99. The molecule has 294 valence electrons. The van der Waals surface area contributed by atoms with Gasteiger partial charge in [0.2, 0.25) is 21.9 Å². The molecule has 4 aromatic rings. The minimum atomic E-state index is -3.84. The molecule has 3 aliphatic heterocycles. The van der Waals surface area contributed by atoms with Crippen LogP contribution in [-0.4, -0.2) is 101 Å². The molecule has 5 heterocycles. The average molecular weight is 789 g/mol. The van der Waals surface area contributed by atoms with Gasteiger partial charge in [0.25, 0.3) is 0 Å². The number of nitrogens with one attached hydrogen (secondary N) is 2. The molecule has 3 amide bonds. The van der Waals surface area contributed by atoms with Gasteiger partial charge in [0.1, 0.15) is 0 Å². The average Bonchev–Trinajstić information content (AvgIpc) is 3.50. The SMILES string of the molecule is C/C(=C\c1cc(S(=O)(=O)N2CCC(Nc3ncc(OC(F)F)cn3)CC2)ccc1C#N)CN1CCC(c2ccc3c(N4CCC(=O)NC4=O)nn(C)c3c2)CC1. The highest BCUT2D eigenvalue weighted by atomic mass is 32.2. The summed E-state index contributed by atoms with van der Waals surface area (Å²) in [6.07, 6.45) is 7.28. The number of fused-ring (bicyclic) bond motifs is 1. The van der Waals surface area contributed by atoms with E-state index in [1.807, 2.05) is 26.1 Å². The van der Waals surface area contributed by atoms with Gasteiger partial charge in [-0.1, -0.05) is 17.7 Å². The van der Waals surface area contributed by atoms with Crippen LogP contribution in [0.15, 0.2) is 59.3 Å². The summed E-state index contributed by atoms with van der Waals surface area (Å²) in [5.74, 6) is 0.680. The largest absolute Gasteiger partial charge is 0.432 e. The van der Waals surface area contributed by atoms with Gasteiger partial charge in [0.15, 0.2) is 11.6 Å². The summed E-state index contributed by atoms with van der Waals surface area (Å²) in [5, 5.41) is 20.8. The van der Waals surface area contributed by atoms with Crippen molar-refractivity contribution in [3.63, 3.8) is 0 Å². The second kappa shape index (κ2) is 16.3. The maximum Gasteiger partial charge on any atom is 0.387 e. The number of nitrogens with zero attached hydrogens (tertiary/aromatic N) is 8. The highest BCUT2D eigenvalue weighted by Crippen LogP contribution is 2.34. The number of benzene rings is 2. The number of sulfonamides is 1. The molecule has 15 nitrogen and oxygen atoms in total. The third-order valence-electron chi connectivity index (χ3n) is 10.5. The minimum Gasteiger partial charge on any atom is -0.432 e. The van der Waals surface area contributed by atoms with Gasteiger partial charge in [-0.2, -0.15) is 23.4 Å². The van der Waals surface area contributed by atoms with Gasteiger partial charge in [0.05, 0.1) is 34.4 Å². The summed E-state index contributed by atoms with van der Waals surface area (Å²) >= 11 is 0. The minimum absolute atomic E-state index is 0.112. The highest BCUT2D eigenvalue weighted by Gasteiger charge is 2.31. The van der Waals surface area contributed by atoms with E-state index in [1.54, 1.807) is 16.8 Å². The van der Waals surface area contributed by atoms with Crippen molar-refractivity contribution in [1.82, 2.24) is 34.3 Å². The Bertz CT molecular complexity index is 2300. The van der Waals surface area contributed by atoms with Crippen molar-refractivity contribution in [3.05, 3.63) is 71.1 Å². The lowest BCUT2D eigenvalue weighted by molar-refractivity contribution is -0.120. The number of halogens is 2. The zero-order chi connectivity index (χ0) is 39.6. The number of likely N-dealkylation sites (tertiary alicyclic amines) is 1. The number of urea groups is 1. The molecule has 0 radical (unpaired) electrons. The first-order valence-electron chi connectivity index (χ1n) is 18.4. The van der Waals surface area contributed by atoms with Crippen LogP contribution < -0.4 is 20.3 Å². The molecule has 2 aromatic carbocycles. The van der Waals surface area contributed by atoms with Crippen molar-refractivity contribution in [1.29, 1.82) is 5.26 Å². The zero-order valence-electron chi connectivity index (χ0n) is 31.0. The number of hydrogen-bond donors (Lipinski definition) is 2. The van der Waals surface area contributed by atoms with Crippen molar-refractivity contribution in [3.8, 4) is 11.8 Å². The number of imide groups is 1. The Morgan fingerprint density at radius 3 is 2.46 bits per heavy atom. The van der Waals surface area contributed by atoms with Gasteiger partial charge in [0, 0.05) is 51.1 Å². The predicted octanol–water partition coefficient (Wildman–Crippen LogP) is 4.83. The fraction of sp³-hybridized carbons (Fsp3) is 0.421. The topological polar surface area (TPSA) is 179 Å². The molecule has 0 spiro atoms. The number of amides is 3. The molecule has 18 heteroatoms. The van der Waals surface area contributed by atoms with E-state index >= 15 is 0 Å². The number of hydrogen-bond acceptors (Lipinski definition) is 11. The number of rotatable bonds is 11. The van der Waals surface area contributed by atoms with E-state index in [1.165, 1.54) is 20.8 Å². The fourth-order valence-electron chi connectivity index (χ4n) is 7.61. The van der Waals surface area contributed by atoms with Crippen LogP contribution in [-0.2, 0) is 21.9 Å². The van der Waals surface area contributed by atoms with E-state index in [-0.39, 0.29) is 54.6 Å². The molecular formula is C38H42F2N10O5S. The number of alkyl halides is 2. The van der Waals surface area contributed by atoms with E-state index in [0.29, 0.717) is 42.2 Å². The Balaban J connectivity index is 0.949. The molecule has 0 unspecified atom stereocenters. The first-order chi connectivity index (χ1) is 26.9. The maximum absolute atomic E-state index is 13.7. The number of anilines is 2. The van der Waals surface area contributed by atoms with Crippen molar-refractivity contribution in [2.75, 3.05) is 49.5 Å². The van der Waals surface area contributed by atoms with Gasteiger partial charge in [-0.15, -0.1) is 0 Å². The maximum atomic E-state index is 13.7. The molecule has 0 aliphatic carbocycles. The van der Waals surface area contributed by atoms with E-state index in [2.05, 4.69) is 53.5 Å². The van der Waals surface area contributed by atoms with Gasteiger partial charge in [-0.25, -0.2) is 23.2 Å². The van der Waals surface area contributed by atoms with E-state index < -0.39 is 22.7 Å². The van der Waals surface area contributed by atoms with Crippen LogP contribution in [0.5, 0.6) is 5.75 Å². The van der Waals surface area contributed by atoms with Crippen LogP contribution >= 0.6 is 0 Å². The molecular weight excluding hydrogens is 747 g/mol. The first kappa shape index (κ1) is 38.8. The number of piperidine rings is 2. The number of carbonyl (C=O) groups excluding carboxylic acids is 2. The third kappa shape index (κ3) is 8.49. The van der Waals surface area contributed by atoms with Crippen LogP contribution in [0.1, 0.15) is 61.6 Å². The molecule has 3 aliphatic rings. The molecule has 0 saturated carbocycles. The molecule has 0 atom stereocenters. The van der Waals surface area contributed by atoms with Crippen LogP contribution in [0.25, 0.3) is 17.0 Å². The van der Waals surface area contributed by atoms with Crippen LogP contribution in [0.2, 0.25) is 0 Å².